The first-order chi connectivity index (χ1) is 11.1. The van der Waals surface area contributed by atoms with Crippen LogP contribution in [0.2, 0.25) is 0 Å². The fourth-order valence-corrected chi connectivity index (χ4v) is 3.40. The fourth-order valence-electron chi connectivity index (χ4n) is 3.40. The second kappa shape index (κ2) is 7.23. The van der Waals surface area contributed by atoms with Crippen molar-refractivity contribution in [2.45, 2.75) is 76.9 Å². The highest BCUT2D eigenvalue weighted by Gasteiger charge is 2.44. The van der Waals surface area contributed by atoms with E-state index in [1.807, 2.05) is 0 Å². The number of hydrogen-bond acceptors (Lipinski definition) is 3. The van der Waals surface area contributed by atoms with Crippen LogP contribution in [-0.4, -0.2) is 47.6 Å². The summed E-state index contributed by atoms with van der Waals surface area (Å²) in [5.74, 6) is -3.27. The smallest absolute Gasteiger partial charge is 0.408 e. The van der Waals surface area contributed by atoms with Crippen molar-refractivity contribution >= 4 is 12.0 Å². The number of hydrogen-bond donors (Lipinski definition) is 1. The number of alkyl carbamates (subject to hydrolysis) is 1. The van der Waals surface area contributed by atoms with E-state index in [1.165, 1.54) is 4.90 Å². The Morgan fingerprint density at radius 2 is 1.83 bits per heavy atom. The first-order valence-electron chi connectivity index (χ1n) is 8.73. The van der Waals surface area contributed by atoms with Crippen molar-refractivity contribution in [2.75, 3.05) is 13.1 Å². The third kappa shape index (κ3) is 5.31. The Morgan fingerprint density at radius 3 is 2.33 bits per heavy atom. The van der Waals surface area contributed by atoms with Gasteiger partial charge in [0.05, 0.1) is 6.54 Å². The number of nitrogens with one attached hydrogen (secondary N) is 1. The van der Waals surface area contributed by atoms with E-state index in [0.29, 0.717) is 0 Å². The van der Waals surface area contributed by atoms with Crippen LogP contribution in [0, 0.1) is 5.92 Å². The van der Waals surface area contributed by atoms with E-state index in [-0.39, 0.29) is 18.9 Å². The summed E-state index contributed by atoms with van der Waals surface area (Å²) in [6.45, 7) is 4.69. The van der Waals surface area contributed by atoms with Gasteiger partial charge in [-0.1, -0.05) is 19.3 Å². The van der Waals surface area contributed by atoms with Crippen LogP contribution in [0.15, 0.2) is 0 Å². The van der Waals surface area contributed by atoms with Gasteiger partial charge in [-0.25, -0.2) is 13.6 Å². The van der Waals surface area contributed by atoms with E-state index >= 15 is 0 Å². The summed E-state index contributed by atoms with van der Waals surface area (Å²) in [5, 5.41) is 2.65. The highest BCUT2D eigenvalue weighted by atomic mass is 19.3. The molecule has 1 heterocycles. The molecule has 2 aliphatic rings. The number of alkyl halides is 2. The molecule has 24 heavy (non-hydrogen) atoms. The maximum atomic E-state index is 13.4. The monoisotopic (exact) mass is 346 g/mol. The topological polar surface area (TPSA) is 58.6 Å². The summed E-state index contributed by atoms with van der Waals surface area (Å²) in [4.78, 5) is 26.0. The molecule has 1 N–H and O–H groups in total. The summed E-state index contributed by atoms with van der Waals surface area (Å²) in [6.07, 6.45) is 3.72. The highest BCUT2D eigenvalue weighted by molar-refractivity contribution is 5.86. The third-order valence-corrected chi connectivity index (χ3v) is 4.54. The van der Waals surface area contributed by atoms with Gasteiger partial charge in [-0.15, -0.1) is 0 Å². The van der Waals surface area contributed by atoms with E-state index in [1.54, 1.807) is 20.8 Å². The van der Waals surface area contributed by atoms with Crippen LogP contribution in [0.5, 0.6) is 0 Å². The number of likely N-dealkylation sites (tertiary alicyclic amines) is 1. The molecule has 0 aromatic carbocycles. The molecule has 1 aliphatic carbocycles. The van der Waals surface area contributed by atoms with Crippen molar-refractivity contribution < 1.29 is 23.1 Å². The average Bonchev–Trinajstić information content (AvgIpc) is 2.83. The Labute approximate surface area is 142 Å². The highest BCUT2D eigenvalue weighted by Crippen LogP contribution is 2.31. The lowest BCUT2D eigenvalue weighted by atomic mass is 9.83. The second-order valence-electron chi connectivity index (χ2n) is 7.89. The van der Waals surface area contributed by atoms with Crippen molar-refractivity contribution in [1.29, 1.82) is 0 Å². The number of amides is 2. The van der Waals surface area contributed by atoms with Crippen molar-refractivity contribution in [3.8, 4) is 0 Å². The molecule has 1 saturated heterocycles. The molecule has 138 valence electrons. The molecule has 0 bridgehead atoms. The van der Waals surface area contributed by atoms with E-state index in [0.717, 1.165) is 32.1 Å². The lowest BCUT2D eigenvalue weighted by Gasteiger charge is -2.33. The number of ether oxygens (including phenoxy) is 1. The first-order valence-corrected chi connectivity index (χ1v) is 8.73. The maximum Gasteiger partial charge on any atom is 0.408 e. The predicted octanol–water partition coefficient (Wildman–Crippen LogP) is 3.33. The summed E-state index contributed by atoms with van der Waals surface area (Å²) < 4.78 is 32.1. The first kappa shape index (κ1) is 18.9. The quantitative estimate of drug-likeness (QED) is 0.853. The Bertz CT molecular complexity index is 471. The lowest BCUT2D eigenvalue weighted by Crippen LogP contribution is -2.53. The zero-order valence-electron chi connectivity index (χ0n) is 14.7. The number of carbonyl (C=O) groups excluding carboxylic acids is 2. The predicted molar refractivity (Wildman–Crippen MR) is 85.9 cm³/mol. The zero-order chi connectivity index (χ0) is 18.0. The van der Waals surface area contributed by atoms with Gasteiger partial charge < -0.3 is 15.0 Å². The van der Waals surface area contributed by atoms with Gasteiger partial charge in [0.1, 0.15) is 11.6 Å². The van der Waals surface area contributed by atoms with E-state index < -0.39 is 36.1 Å². The molecule has 0 aromatic heterocycles. The van der Waals surface area contributed by atoms with Crippen LogP contribution >= 0.6 is 0 Å². The summed E-state index contributed by atoms with van der Waals surface area (Å²) >= 11 is 0. The van der Waals surface area contributed by atoms with E-state index in [9.17, 15) is 18.4 Å². The molecule has 2 fully saturated rings. The molecule has 1 aliphatic heterocycles. The van der Waals surface area contributed by atoms with Crippen LogP contribution < -0.4 is 5.32 Å². The number of rotatable bonds is 3. The van der Waals surface area contributed by atoms with Crippen molar-refractivity contribution in [3.05, 3.63) is 0 Å². The molecule has 0 aromatic rings. The Kier molecular flexibility index (Phi) is 5.71. The number of carbonyl (C=O) groups is 2. The third-order valence-electron chi connectivity index (χ3n) is 4.54. The van der Waals surface area contributed by atoms with Gasteiger partial charge in [0.15, 0.2) is 0 Å². The van der Waals surface area contributed by atoms with Crippen LogP contribution in [0.25, 0.3) is 0 Å². The fraction of sp³-hybridized carbons (Fsp3) is 0.882. The molecule has 0 radical (unpaired) electrons. The van der Waals surface area contributed by atoms with Gasteiger partial charge in [-0.3, -0.25) is 4.79 Å². The molecular weight excluding hydrogens is 318 g/mol. The molecule has 1 unspecified atom stereocenters. The molecule has 7 heteroatoms. The van der Waals surface area contributed by atoms with Gasteiger partial charge in [-0.05, 0) is 39.5 Å². The van der Waals surface area contributed by atoms with Crippen molar-refractivity contribution in [2.24, 2.45) is 5.92 Å². The lowest BCUT2D eigenvalue weighted by molar-refractivity contribution is -0.135. The summed E-state index contributed by atoms with van der Waals surface area (Å²) in [7, 11) is 0. The van der Waals surface area contributed by atoms with Gasteiger partial charge in [0, 0.05) is 13.0 Å². The zero-order valence-corrected chi connectivity index (χ0v) is 14.7. The van der Waals surface area contributed by atoms with E-state index in [4.69, 9.17) is 4.74 Å². The molecule has 1 saturated carbocycles. The summed E-state index contributed by atoms with van der Waals surface area (Å²) in [6, 6.07) is -0.783. The van der Waals surface area contributed by atoms with Gasteiger partial charge in [-0.2, -0.15) is 0 Å². The van der Waals surface area contributed by atoms with E-state index in [2.05, 4.69) is 5.32 Å². The summed E-state index contributed by atoms with van der Waals surface area (Å²) in [5.41, 5.74) is -0.676. The average molecular weight is 346 g/mol. The van der Waals surface area contributed by atoms with Gasteiger partial charge in [0.2, 0.25) is 5.91 Å². The second-order valence-corrected chi connectivity index (χ2v) is 7.89. The number of halogens is 2. The van der Waals surface area contributed by atoms with Crippen molar-refractivity contribution in [1.82, 2.24) is 10.2 Å². The standard InChI is InChI=1S/C17H28F2N2O3/c1-16(2,3)24-15(23)20-13(12-7-5-4-6-8-12)14(22)21-10-9-17(18,19)11-21/h12-13H,4-11H2,1-3H3,(H,20,23). The Balaban J connectivity index is 2.07. The van der Waals surface area contributed by atoms with Crippen LogP contribution in [0.1, 0.15) is 59.3 Å². The molecule has 2 rings (SSSR count). The van der Waals surface area contributed by atoms with Gasteiger partial charge >= 0.3 is 6.09 Å². The van der Waals surface area contributed by atoms with Gasteiger partial charge in [0.25, 0.3) is 5.92 Å². The molecule has 1 atom stereocenters. The normalized spacial score (nSPS) is 23.0. The molecule has 5 nitrogen and oxygen atoms in total. The minimum atomic E-state index is -2.83. The minimum absolute atomic E-state index is 0.0204. The van der Waals surface area contributed by atoms with Crippen LogP contribution in [-0.2, 0) is 9.53 Å². The largest absolute Gasteiger partial charge is 0.444 e. The molecular formula is C17H28F2N2O3. The Hall–Kier alpha value is -1.40. The SMILES string of the molecule is CC(C)(C)OC(=O)NC(C(=O)N1CCC(F)(F)C1)C1CCCCC1. The van der Waals surface area contributed by atoms with Crippen LogP contribution in [0.3, 0.4) is 0 Å². The molecule has 0 spiro atoms. The number of nitrogens with zero attached hydrogens (tertiary/aromatic N) is 1. The molecule has 2 amide bonds. The van der Waals surface area contributed by atoms with Crippen molar-refractivity contribution in [3.63, 3.8) is 0 Å². The Morgan fingerprint density at radius 1 is 1.21 bits per heavy atom. The van der Waals surface area contributed by atoms with Crippen LogP contribution in [0.4, 0.5) is 13.6 Å². The maximum absolute atomic E-state index is 13.4. The minimum Gasteiger partial charge on any atom is -0.444 e.